The molecule has 0 aliphatic heterocycles. The molecule has 0 bridgehead atoms. The number of hydrogen-bond donors (Lipinski definition) is 0. The summed E-state index contributed by atoms with van der Waals surface area (Å²) in [5.74, 6) is 0. The van der Waals surface area contributed by atoms with Crippen molar-refractivity contribution in [3.05, 3.63) is 0 Å². The summed E-state index contributed by atoms with van der Waals surface area (Å²) in [4.78, 5) is 3.64. The van der Waals surface area contributed by atoms with E-state index in [2.05, 4.69) is 4.99 Å². The second kappa shape index (κ2) is 3.69. The van der Waals surface area contributed by atoms with Gasteiger partial charge < -0.3 is 0 Å². The second-order valence-electron chi connectivity index (χ2n) is 0.845. The molecule has 0 spiro atoms. The van der Waals surface area contributed by atoms with Crippen LogP contribution in [0, 0.1) is 11.3 Å². The van der Waals surface area contributed by atoms with E-state index in [9.17, 15) is 0 Å². The third kappa shape index (κ3) is 2.24. The second-order valence-corrected chi connectivity index (χ2v) is 1.64. The molecule has 0 unspecified atom stereocenters. The number of aliphatic imine (C=N–C) groups is 1. The van der Waals surface area contributed by atoms with Crippen LogP contribution in [0.2, 0.25) is 0 Å². The fourth-order valence-corrected chi connectivity index (χ4v) is 0.461. The Bertz CT molecular complexity index is 111. The van der Waals surface area contributed by atoms with E-state index in [0.29, 0.717) is 5.04 Å². The van der Waals surface area contributed by atoms with Crippen LogP contribution in [-0.4, -0.2) is 18.3 Å². The Morgan fingerprint density at radius 2 is 2.43 bits per heavy atom. The summed E-state index contributed by atoms with van der Waals surface area (Å²) in [6.45, 7) is 0. The van der Waals surface area contributed by atoms with Crippen LogP contribution in [0.4, 0.5) is 0 Å². The molecule has 0 fully saturated rings. The van der Waals surface area contributed by atoms with Gasteiger partial charge in [-0.25, -0.2) is 0 Å². The van der Waals surface area contributed by atoms with Gasteiger partial charge in [-0.1, -0.05) is 11.8 Å². The average molecular weight is 114 g/mol. The molecule has 0 saturated heterocycles. The molecule has 0 rings (SSSR count). The maximum atomic E-state index is 8.12. The summed E-state index contributed by atoms with van der Waals surface area (Å²) < 4.78 is 0. The Morgan fingerprint density at radius 3 is 2.43 bits per heavy atom. The Kier molecular flexibility index (Phi) is 3.43. The minimum absolute atomic E-state index is 0.528. The monoisotopic (exact) mass is 114 g/mol. The Morgan fingerprint density at radius 1 is 1.86 bits per heavy atom. The van der Waals surface area contributed by atoms with E-state index in [0.717, 1.165) is 0 Å². The molecule has 38 valence electrons. The number of nitrogens with zero attached hydrogens (tertiary/aromatic N) is 2. The summed E-state index contributed by atoms with van der Waals surface area (Å²) in [6.07, 6.45) is 1.82. The van der Waals surface area contributed by atoms with Crippen LogP contribution in [-0.2, 0) is 0 Å². The Balaban J connectivity index is 3.68. The largest absolute Gasteiger partial charge is 0.272 e. The van der Waals surface area contributed by atoms with Gasteiger partial charge in [-0.2, -0.15) is 5.26 Å². The van der Waals surface area contributed by atoms with E-state index in [1.165, 1.54) is 11.8 Å². The Hall–Kier alpha value is -0.490. The summed E-state index contributed by atoms with van der Waals surface area (Å²) in [5, 5.41) is 8.65. The lowest BCUT2D eigenvalue weighted by Crippen LogP contribution is -1.81. The van der Waals surface area contributed by atoms with Gasteiger partial charge in [0.25, 0.3) is 0 Å². The molecule has 0 heterocycles. The third-order valence-corrected chi connectivity index (χ3v) is 1.15. The molecule has 3 heteroatoms. The van der Waals surface area contributed by atoms with E-state index >= 15 is 0 Å². The number of nitriles is 1. The molecular formula is C4H6N2S. The number of thioether (sulfide) groups is 1. The average Bonchev–Trinajstić information content (AvgIpc) is 1.72. The Labute approximate surface area is 47.2 Å². The lowest BCUT2D eigenvalue weighted by atomic mass is 10.8. The lowest BCUT2D eigenvalue weighted by molar-refractivity contribution is 1.46. The van der Waals surface area contributed by atoms with Crippen LogP contribution in [0.25, 0.3) is 0 Å². The van der Waals surface area contributed by atoms with Crippen LogP contribution in [0.15, 0.2) is 4.99 Å². The van der Waals surface area contributed by atoms with E-state index in [-0.39, 0.29) is 0 Å². The fourth-order valence-electron chi connectivity index (χ4n) is 0.187. The first-order valence-electron chi connectivity index (χ1n) is 1.76. The van der Waals surface area contributed by atoms with Gasteiger partial charge in [0, 0.05) is 7.05 Å². The van der Waals surface area contributed by atoms with Gasteiger partial charge in [-0.15, -0.1) is 0 Å². The smallest absolute Gasteiger partial charge is 0.168 e. The van der Waals surface area contributed by atoms with Crippen molar-refractivity contribution >= 4 is 16.8 Å². The van der Waals surface area contributed by atoms with Crippen molar-refractivity contribution in [1.82, 2.24) is 0 Å². The highest BCUT2D eigenvalue weighted by atomic mass is 32.2. The van der Waals surface area contributed by atoms with Crippen molar-refractivity contribution in [3.8, 4) is 6.07 Å². The molecule has 0 aromatic carbocycles. The quantitative estimate of drug-likeness (QED) is 0.346. The van der Waals surface area contributed by atoms with Crippen molar-refractivity contribution in [2.75, 3.05) is 13.3 Å². The van der Waals surface area contributed by atoms with Gasteiger partial charge in [-0.3, -0.25) is 4.99 Å². The van der Waals surface area contributed by atoms with Crippen molar-refractivity contribution in [3.63, 3.8) is 0 Å². The van der Waals surface area contributed by atoms with Crippen LogP contribution in [0.3, 0.4) is 0 Å². The normalized spacial score (nSPS) is 10.7. The van der Waals surface area contributed by atoms with E-state index in [4.69, 9.17) is 5.26 Å². The lowest BCUT2D eigenvalue weighted by Gasteiger charge is -1.80. The highest BCUT2D eigenvalue weighted by Gasteiger charge is 1.85. The standard InChI is InChI=1S/C4H6N2S/c1-6-4(3-5)7-2/h1-2H3. The molecule has 0 N–H and O–H groups in total. The maximum Gasteiger partial charge on any atom is 0.168 e. The highest BCUT2D eigenvalue weighted by Crippen LogP contribution is 1.93. The molecule has 0 aliphatic carbocycles. The van der Waals surface area contributed by atoms with Gasteiger partial charge in [0.15, 0.2) is 5.04 Å². The number of hydrogen-bond acceptors (Lipinski definition) is 3. The molecule has 0 radical (unpaired) electrons. The van der Waals surface area contributed by atoms with Crippen molar-refractivity contribution in [1.29, 1.82) is 5.26 Å². The molecule has 0 atom stereocenters. The van der Waals surface area contributed by atoms with Gasteiger partial charge in [0.1, 0.15) is 6.07 Å². The molecule has 0 aromatic rings. The maximum absolute atomic E-state index is 8.12. The minimum atomic E-state index is 0.528. The molecule has 0 saturated carbocycles. The first-order chi connectivity index (χ1) is 3.35. The van der Waals surface area contributed by atoms with E-state index in [1.807, 2.05) is 12.3 Å². The zero-order chi connectivity index (χ0) is 5.70. The van der Waals surface area contributed by atoms with Crippen LogP contribution in [0.1, 0.15) is 0 Å². The predicted octanol–water partition coefficient (Wildman–Crippen LogP) is 0.901. The van der Waals surface area contributed by atoms with Crippen LogP contribution < -0.4 is 0 Å². The SMILES string of the molecule is CN=C(C#N)SC. The summed E-state index contributed by atoms with van der Waals surface area (Å²) in [7, 11) is 1.61. The summed E-state index contributed by atoms with van der Waals surface area (Å²) >= 11 is 1.36. The zero-order valence-corrected chi connectivity index (χ0v) is 5.12. The van der Waals surface area contributed by atoms with Gasteiger partial charge in [0.2, 0.25) is 0 Å². The molecule has 7 heavy (non-hydrogen) atoms. The van der Waals surface area contributed by atoms with E-state index < -0.39 is 0 Å². The van der Waals surface area contributed by atoms with Crippen molar-refractivity contribution < 1.29 is 0 Å². The zero-order valence-electron chi connectivity index (χ0n) is 4.30. The summed E-state index contributed by atoms with van der Waals surface area (Å²) in [5.41, 5.74) is 0. The first kappa shape index (κ1) is 6.51. The van der Waals surface area contributed by atoms with Crippen LogP contribution in [0.5, 0.6) is 0 Å². The highest BCUT2D eigenvalue weighted by molar-refractivity contribution is 8.13. The molecule has 2 nitrogen and oxygen atoms in total. The van der Waals surface area contributed by atoms with Crippen LogP contribution >= 0.6 is 11.8 Å². The van der Waals surface area contributed by atoms with Gasteiger partial charge in [0.05, 0.1) is 0 Å². The van der Waals surface area contributed by atoms with Crippen molar-refractivity contribution in [2.24, 2.45) is 4.99 Å². The molecule has 0 amide bonds. The summed E-state index contributed by atoms with van der Waals surface area (Å²) in [6, 6.07) is 1.91. The van der Waals surface area contributed by atoms with Crippen molar-refractivity contribution in [2.45, 2.75) is 0 Å². The van der Waals surface area contributed by atoms with Gasteiger partial charge >= 0.3 is 0 Å². The van der Waals surface area contributed by atoms with Gasteiger partial charge in [-0.05, 0) is 6.26 Å². The fraction of sp³-hybridized carbons (Fsp3) is 0.500. The molecule has 0 aliphatic rings. The van der Waals surface area contributed by atoms with E-state index in [1.54, 1.807) is 7.05 Å². The number of rotatable bonds is 0. The molecular weight excluding hydrogens is 108 g/mol. The minimum Gasteiger partial charge on any atom is -0.272 e. The topological polar surface area (TPSA) is 36.1 Å². The first-order valence-corrected chi connectivity index (χ1v) is 2.98. The predicted molar refractivity (Wildman–Crippen MR) is 32.5 cm³/mol. The third-order valence-electron chi connectivity index (χ3n) is 0.492. The molecule has 0 aromatic heterocycles.